The maximum atomic E-state index is 11.1. The quantitative estimate of drug-likeness (QED) is 0.537. The topological polar surface area (TPSA) is 95.3 Å². The van der Waals surface area contributed by atoms with Crippen LogP contribution in [-0.2, 0) is 4.79 Å². The van der Waals surface area contributed by atoms with Gasteiger partial charge in [-0.3, -0.25) is 4.79 Å². The lowest BCUT2D eigenvalue weighted by Gasteiger charge is -2.26. The summed E-state index contributed by atoms with van der Waals surface area (Å²) in [7, 11) is 0. The van der Waals surface area contributed by atoms with Gasteiger partial charge >= 0.3 is 5.97 Å². The number of phenolic OH excluding ortho intramolecular Hbond substituents is 1. The number of hydrogen-bond donors (Lipinski definition) is 3. The Morgan fingerprint density at radius 2 is 1.83 bits per heavy atom. The first-order chi connectivity index (χ1) is 14.1. The predicted octanol–water partition coefficient (Wildman–Crippen LogP) is 4.88. The number of thiophene rings is 1. The molecule has 0 spiro atoms. The minimum absolute atomic E-state index is 0.182. The number of anilines is 1. The third-order valence-electron chi connectivity index (χ3n) is 5.42. The number of benzene rings is 1. The number of rotatable bonds is 6. The van der Waals surface area contributed by atoms with E-state index in [4.69, 9.17) is 5.11 Å². The van der Waals surface area contributed by atoms with E-state index in [1.165, 1.54) is 0 Å². The standard InChI is InChI=1S/C22H23N3O3S/c26-19-5-2-1-4-16(19)17-12-18(20-6-3-11-29-20)25-22(24-17)23-13-14-7-9-15(10-8-14)21(27)28/h1-6,11-12,14-15,26H,7-10,13H2,(H,27,28)(H,23,24,25). The van der Waals surface area contributed by atoms with E-state index < -0.39 is 5.97 Å². The van der Waals surface area contributed by atoms with E-state index in [-0.39, 0.29) is 11.7 Å². The van der Waals surface area contributed by atoms with Gasteiger partial charge in [0.15, 0.2) is 0 Å². The maximum absolute atomic E-state index is 11.1. The summed E-state index contributed by atoms with van der Waals surface area (Å²) in [6, 6.07) is 13.0. The minimum atomic E-state index is -0.685. The van der Waals surface area contributed by atoms with Gasteiger partial charge in [0, 0.05) is 12.1 Å². The molecule has 1 aliphatic carbocycles. The molecule has 1 aliphatic rings. The van der Waals surface area contributed by atoms with E-state index in [0.29, 0.717) is 29.7 Å². The van der Waals surface area contributed by atoms with Crippen molar-refractivity contribution in [1.82, 2.24) is 9.97 Å². The largest absolute Gasteiger partial charge is 0.507 e. The van der Waals surface area contributed by atoms with Gasteiger partial charge in [0.25, 0.3) is 0 Å². The van der Waals surface area contributed by atoms with Gasteiger partial charge < -0.3 is 15.5 Å². The molecule has 0 aliphatic heterocycles. The number of aromatic hydroxyl groups is 1. The Morgan fingerprint density at radius 3 is 2.52 bits per heavy atom. The Kier molecular flexibility index (Phi) is 5.76. The second-order valence-electron chi connectivity index (χ2n) is 7.39. The third-order valence-corrected chi connectivity index (χ3v) is 6.32. The number of aromatic nitrogens is 2. The zero-order valence-electron chi connectivity index (χ0n) is 15.9. The summed E-state index contributed by atoms with van der Waals surface area (Å²) in [5.74, 6) is 0.219. The van der Waals surface area contributed by atoms with Crippen LogP contribution in [0.15, 0.2) is 47.8 Å². The predicted molar refractivity (Wildman–Crippen MR) is 114 cm³/mol. The summed E-state index contributed by atoms with van der Waals surface area (Å²) < 4.78 is 0. The van der Waals surface area contributed by atoms with Crippen LogP contribution in [0.2, 0.25) is 0 Å². The molecule has 7 heteroatoms. The second kappa shape index (κ2) is 8.61. The molecule has 2 aromatic heterocycles. The minimum Gasteiger partial charge on any atom is -0.507 e. The molecule has 0 amide bonds. The van der Waals surface area contributed by atoms with E-state index in [1.54, 1.807) is 23.5 Å². The smallest absolute Gasteiger partial charge is 0.306 e. The summed E-state index contributed by atoms with van der Waals surface area (Å²) in [5.41, 5.74) is 2.14. The second-order valence-corrected chi connectivity index (χ2v) is 8.34. The third kappa shape index (κ3) is 4.56. The van der Waals surface area contributed by atoms with E-state index in [2.05, 4.69) is 15.3 Å². The van der Waals surface area contributed by atoms with Gasteiger partial charge in [0.05, 0.1) is 22.2 Å². The van der Waals surface area contributed by atoms with Crippen molar-refractivity contribution < 1.29 is 15.0 Å². The molecule has 0 atom stereocenters. The van der Waals surface area contributed by atoms with Crippen LogP contribution < -0.4 is 5.32 Å². The highest BCUT2D eigenvalue weighted by atomic mass is 32.1. The van der Waals surface area contributed by atoms with Crippen molar-refractivity contribution in [2.75, 3.05) is 11.9 Å². The zero-order valence-corrected chi connectivity index (χ0v) is 16.7. The number of para-hydroxylation sites is 1. The van der Waals surface area contributed by atoms with Gasteiger partial charge in [0.1, 0.15) is 5.75 Å². The first-order valence-electron chi connectivity index (χ1n) is 9.78. The fourth-order valence-electron chi connectivity index (χ4n) is 3.75. The van der Waals surface area contributed by atoms with Crippen LogP contribution in [0.25, 0.3) is 21.8 Å². The molecular formula is C22H23N3O3S. The molecule has 1 aromatic carbocycles. The molecule has 0 radical (unpaired) electrons. The Bertz CT molecular complexity index is 983. The summed E-state index contributed by atoms with van der Waals surface area (Å²) >= 11 is 1.61. The van der Waals surface area contributed by atoms with Crippen molar-refractivity contribution in [1.29, 1.82) is 0 Å². The molecule has 3 N–H and O–H groups in total. The summed E-state index contributed by atoms with van der Waals surface area (Å²) in [6.07, 6.45) is 3.23. The molecular weight excluding hydrogens is 386 g/mol. The lowest BCUT2D eigenvalue weighted by molar-refractivity contribution is -0.143. The molecule has 3 aromatic rings. The van der Waals surface area contributed by atoms with Gasteiger partial charge in [-0.25, -0.2) is 9.97 Å². The SMILES string of the molecule is O=C(O)C1CCC(CNc2nc(-c3cccs3)cc(-c3ccccc3O)n2)CC1. The monoisotopic (exact) mass is 409 g/mol. The van der Waals surface area contributed by atoms with Crippen molar-refractivity contribution in [3.63, 3.8) is 0 Å². The van der Waals surface area contributed by atoms with Crippen LogP contribution in [-0.4, -0.2) is 32.7 Å². The maximum Gasteiger partial charge on any atom is 0.306 e. The number of nitrogens with zero attached hydrogens (tertiary/aromatic N) is 2. The van der Waals surface area contributed by atoms with Crippen LogP contribution in [0.3, 0.4) is 0 Å². The molecule has 29 heavy (non-hydrogen) atoms. The highest BCUT2D eigenvalue weighted by molar-refractivity contribution is 7.13. The van der Waals surface area contributed by atoms with Crippen molar-refractivity contribution >= 4 is 23.3 Å². The Hall–Kier alpha value is -2.93. The van der Waals surface area contributed by atoms with Gasteiger partial charge in [0.2, 0.25) is 5.95 Å². The average molecular weight is 410 g/mol. The first kappa shape index (κ1) is 19.4. The number of phenols is 1. The number of carboxylic acids is 1. The van der Waals surface area contributed by atoms with Crippen molar-refractivity contribution in [3.8, 4) is 27.6 Å². The van der Waals surface area contributed by atoms with E-state index >= 15 is 0 Å². The fraction of sp³-hybridized carbons (Fsp3) is 0.318. The summed E-state index contributed by atoms with van der Waals surface area (Å²) in [6.45, 7) is 0.709. The molecule has 2 heterocycles. The highest BCUT2D eigenvalue weighted by Gasteiger charge is 2.26. The zero-order chi connectivity index (χ0) is 20.2. The molecule has 150 valence electrons. The van der Waals surface area contributed by atoms with Gasteiger partial charge in [-0.05, 0) is 61.2 Å². The lowest BCUT2D eigenvalue weighted by atomic mass is 9.82. The average Bonchev–Trinajstić information content (AvgIpc) is 3.28. The Labute approximate surface area is 173 Å². The van der Waals surface area contributed by atoms with Crippen LogP contribution in [0.1, 0.15) is 25.7 Å². The molecule has 6 nitrogen and oxygen atoms in total. The molecule has 4 rings (SSSR count). The number of nitrogens with one attached hydrogen (secondary N) is 1. The lowest BCUT2D eigenvalue weighted by Crippen LogP contribution is -2.25. The fourth-order valence-corrected chi connectivity index (χ4v) is 4.44. The van der Waals surface area contributed by atoms with Crippen molar-refractivity contribution in [2.45, 2.75) is 25.7 Å². The summed E-state index contributed by atoms with van der Waals surface area (Å²) in [5, 5.41) is 24.8. The molecule has 1 fully saturated rings. The molecule has 0 unspecified atom stereocenters. The normalized spacial score (nSPS) is 19.0. The summed E-state index contributed by atoms with van der Waals surface area (Å²) in [4.78, 5) is 21.5. The molecule has 0 bridgehead atoms. The number of carbonyl (C=O) groups is 1. The van der Waals surface area contributed by atoms with Crippen LogP contribution in [0, 0.1) is 11.8 Å². The van der Waals surface area contributed by atoms with Crippen molar-refractivity contribution in [3.05, 3.63) is 47.8 Å². The number of aliphatic carboxylic acids is 1. The van der Waals surface area contributed by atoms with Gasteiger partial charge in [-0.15, -0.1) is 11.3 Å². The van der Waals surface area contributed by atoms with Gasteiger partial charge in [-0.2, -0.15) is 0 Å². The first-order valence-corrected chi connectivity index (χ1v) is 10.7. The number of hydrogen-bond acceptors (Lipinski definition) is 6. The van der Waals surface area contributed by atoms with Crippen LogP contribution in [0.5, 0.6) is 5.75 Å². The van der Waals surface area contributed by atoms with Crippen LogP contribution >= 0.6 is 11.3 Å². The Morgan fingerprint density at radius 1 is 1.07 bits per heavy atom. The number of carboxylic acid groups (broad SMARTS) is 1. The molecule has 1 saturated carbocycles. The Balaban J connectivity index is 1.55. The van der Waals surface area contributed by atoms with Gasteiger partial charge in [-0.1, -0.05) is 18.2 Å². The molecule has 0 saturated heterocycles. The highest BCUT2D eigenvalue weighted by Crippen LogP contribution is 2.33. The van der Waals surface area contributed by atoms with E-state index in [0.717, 1.165) is 36.3 Å². The van der Waals surface area contributed by atoms with E-state index in [9.17, 15) is 9.90 Å². The van der Waals surface area contributed by atoms with Crippen molar-refractivity contribution in [2.24, 2.45) is 11.8 Å². The van der Waals surface area contributed by atoms with E-state index in [1.807, 2.05) is 35.7 Å². The van der Waals surface area contributed by atoms with Crippen LogP contribution in [0.4, 0.5) is 5.95 Å².